The lowest BCUT2D eigenvalue weighted by Gasteiger charge is -2.70. The number of amides is 1. The summed E-state index contributed by atoms with van der Waals surface area (Å²) in [5.74, 6) is 0.851. The van der Waals surface area contributed by atoms with Crippen molar-refractivity contribution in [2.45, 2.75) is 68.2 Å². The monoisotopic (exact) mass is 516 g/mol. The first-order chi connectivity index (χ1) is 18.3. The van der Waals surface area contributed by atoms with Gasteiger partial charge in [-0.2, -0.15) is 0 Å². The Kier molecular flexibility index (Phi) is 4.48. The summed E-state index contributed by atoms with van der Waals surface area (Å²) < 4.78 is 20.0. The molecule has 2 saturated carbocycles. The minimum atomic E-state index is -1.45. The van der Waals surface area contributed by atoms with Crippen LogP contribution in [0, 0.1) is 17.2 Å². The molecule has 198 valence electrons. The molecular weight excluding hydrogens is 483 g/mol. The summed E-state index contributed by atoms with van der Waals surface area (Å²) in [4.78, 5) is 18.3. The van der Waals surface area contributed by atoms with Crippen molar-refractivity contribution in [2.75, 3.05) is 20.1 Å². The van der Waals surface area contributed by atoms with Crippen LogP contribution in [-0.4, -0.2) is 63.8 Å². The van der Waals surface area contributed by atoms with Gasteiger partial charge in [0.2, 0.25) is 0 Å². The molecule has 3 fully saturated rings. The molecule has 9 rings (SSSR count). The van der Waals surface area contributed by atoms with E-state index in [0.29, 0.717) is 24.3 Å². The number of halogens is 1. The highest BCUT2D eigenvalue weighted by Crippen LogP contribution is 2.74. The number of likely N-dealkylation sites (N-methyl/N-ethyl adjacent to an activating group) is 1. The van der Waals surface area contributed by atoms with Gasteiger partial charge in [-0.1, -0.05) is 24.3 Å². The van der Waals surface area contributed by atoms with Crippen molar-refractivity contribution in [3.8, 4) is 11.5 Å². The molecule has 1 amide bonds. The van der Waals surface area contributed by atoms with E-state index in [-0.39, 0.29) is 28.9 Å². The lowest BCUT2D eigenvalue weighted by atomic mass is 9.38. The average Bonchev–Trinajstić information content (AvgIpc) is 3.65. The number of phenols is 1. The number of nitrogens with zero attached hydrogens (tertiary/aromatic N) is 2. The SMILES string of the molecule is CN(Cc1ccc(F)cc1)C(=O)C1=C[C@@]23CC[C@]1(O)[C@@H]1Oc4c(O)ccc5c4[C@@]12CCN(CC1CC1)[C@@H]3C5. The van der Waals surface area contributed by atoms with E-state index >= 15 is 0 Å². The molecule has 4 bridgehead atoms. The molecular formula is C31H33FN2O4. The number of rotatable bonds is 5. The Morgan fingerprint density at radius 2 is 1.95 bits per heavy atom. The van der Waals surface area contributed by atoms with Crippen LogP contribution in [0.3, 0.4) is 0 Å². The number of benzene rings is 2. The molecule has 0 aromatic heterocycles. The van der Waals surface area contributed by atoms with E-state index in [4.69, 9.17) is 4.74 Å². The third-order valence-corrected chi connectivity index (χ3v) is 10.7. The largest absolute Gasteiger partial charge is 0.504 e. The second-order valence-electron chi connectivity index (χ2n) is 12.6. The molecule has 2 aromatic carbocycles. The summed E-state index contributed by atoms with van der Waals surface area (Å²) in [5.41, 5.74) is 1.29. The number of aliphatic hydroxyl groups is 1. The smallest absolute Gasteiger partial charge is 0.252 e. The summed E-state index contributed by atoms with van der Waals surface area (Å²) in [6.45, 7) is 2.34. The topological polar surface area (TPSA) is 73.2 Å². The van der Waals surface area contributed by atoms with Crippen molar-refractivity contribution in [2.24, 2.45) is 11.3 Å². The molecule has 6 nitrogen and oxygen atoms in total. The predicted molar refractivity (Wildman–Crippen MR) is 138 cm³/mol. The van der Waals surface area contributed by atoms with Crippen LogP contribution in [0.5, 0.6) is 11.5 Å². The zero-order valence-corrected chi connectivity index (χ0v) is 21.6. The van der Waals surface area contributed by atoms with Gasteiger partial charge in [0, 0.05) is 42.7 Å². The number of hydrogen-bond donors (Lipinski definition) is 2. The van der Waals surface area contributed by atoms with E-state index in [1.54, 1.807) is 30.1 Å². The molecule has 2 N–H and O–H groups in total. The number of phenolic OH excluding ortho intramolecular Hbond substituents is 1. The number of likely N-dealkylation sites (tertiary alicyclic amines) is 1. The standard InChI is InChI=1S/C31H33FN2O4/c1-33(16-18-4-7-21(32)8-5-18)27(36)22-15-29-10-11-31(22,37)28-30(29)12-13-34(17-19-2-3-19)24(29)14-20-6-9-23(35)26(38-28)25(20)30/h4-9,15,19,24,28,35,37H,2-3,10-14,16-17H2,1H3/t24-,28-,29-,30+,31-/m1/s1. The molecule has 2 heterocycles. The van der Waals surface area contributed by atoms with Crippen LogP contribution >= 0.6 is 0 Å². The molecule has 2 spiro atoms. The summed E-state index contributed by atoms with van der Waals surface area (Å²) in [7, 11) is 1.74. The van der Waals surface area contributed by atoms with Gasteiger partial charge in [0.05, 0.1) is 5.41 Å². The fourth-order valence-corrected chi connectivity index (χ4v) is 8.94. The third kappa shape index (κ3) is 2.71. The molecule has 7 heteroatoms. The van der Waals surface area contributed by atoms with Crippen molar-refractivity contribution < 1.29 is 24.1 Å². The quantitative estimate of drug-likeness (QED) is 0.635. The highest BCUT2D eigenvalue weighted by atomic mass is 19.1. The minimum Gasteiger partial charge on any atom is -0.504 e. The normalized spacial score (nSPS) is 35.9. The first kappa shape index (κ1) is 23.0. The predicted octanol–water partition coefficient (Wildman–Crippen LogP) is 3.68. The van der Waals surface area contributed by atoms with E-state index in [0.717, 1.165) is 49.4 Å². The van der Waals surface area contributed by atoms with E-state index in [9.17, 15) is 19.4 Å². The number of aromatic hydroxyl groups is 1. The van der Waals surface area contributed by atoms with Gasteiger partial charge in [0.1, 0.15) is 17.5 Å². The van der Waals surface area contributed by atoms with Crippen LogP contribution in [0.1, 0.15) is 48.8 Å². The maximum atomic E-state index is 14.1. The summed E-state index contributed by atoms with van der Waals surface area (Å²) in [5, 5.41) is 23.3. The number of fused-ring (bicyclic) bond motifs is 1. The molecule has 0 radical (unpaired) electrons. The number of carbonyl (C=O) groups is 1. The Morgan fingerprint density at radius 3 is 2.71 bits per heavy atom. The Morgan fingerprint density at radius 1 is 1.16 bits per heavy atom. The molecule has 5 aliphatic carbocycles. The van der Waals surface area contributed by atoms with Crippen LogP contribution in [0.15, 0.2) is 48.0 Å². The van der Waals surface area contributed by atoms with Crippen LogP contribution in [-0.2, 0) is 23.2 Å². The molecule has 7 aliphatic rings. The number of ether oxygens (including phenoxy) is 1. The van der Waals surface area contributed by atoms with Gasteiger partial charge in [0.25, 0.3) is 5.91 Å². The Labute approximate surface area is 221 Å². The number of piperidine rings is 1. The molecule has 0 unspecified atom stereocenters. The van der Waals surface area contributed by atoms with E-state index in [2.05, 4.69) is 11.0 Å². The zero-order valence-electron chi connectivity index (χ0n) is 21.6. The average molecular weight is 517 g/mol. The lowest BCUT2D eigenvalue weighted by Crippen LogP contribution is -2.78. The van der Waals surface area contributed by atoms with Crippen molar-refractivity contribution in [1.29, 1.82) is 0 Å². The highest BCUT2D eigenvalue weighted by molar-refractivity contribution is 5.97. The molecule has 2 aromatic rings. The van der Waals surface area contributed by atoms with Gasteiger partial charge in [-0.15, -0.1) is 0 Å². The molecule has 1 saturated heterocycles. The zero-order chi connectivity index (χ0) is 26.0. The minimum absolute atomic E-state index is 0.117. The Hall–Kier alpha value is -2.90. The lowest BCUT2D eigenvalue weighted by molar-refractivity contribution is -0.188. The molecule has 5 atom stereocenters. The fraction of sp³-hybridized carbons (Fsp3) is 0.516. The highest BCUT2D eigenvalue weighted by Gasteiger charge is 2.78. The second-order valence-corrected chi connectivity index (χ2v) is 12.6. The van der Waals surface area contributed by atoms with Crippen molar-refractivity contribution >= 4 is 5.91 Å². The summed E-state index contributed by atoms with van der Waals surface area (Å²) >= 11 is 0. The first-order valence-electron chi connectivity index (χ1n) is 14.0. The van der Waals surface area contributed by atoms with Crippen LogP contribution in [0.2, 0.25) is 0 Å². The Bertz CT molecular complexity index is 1400. The number of hydrogen-bond acceptors (Lipinski definition) is 5. The number of carbonyl (C=O) groups excluding carboxylic acids is 1. The van der Waals surface area contributed by atoms with Crippen LogP contribution in [0.4, 0.5) is 4.39 Å². The van der Waals surface area contributed by atoms with Gasteiger partial charge >= 0.3 is 0 Å². The molecule has 2 aliphatic heterocycles. The molecule has 38 heavy (non-hydrogen) atoms. The van der Waals surface area contributed by atoms with E-state index in [1.165, 1.54) is 30.5 Å². The van der Waals surface area contributed by atoms with Crippen molar-refractivity contribution in [3.63, 3.8) is 0 Å². The maximum Gasteiger partial charge on any atom is 0.252 e. The van der Waals surface area contributed by atoms with Crippen LogP contribution in [0.25, 0.3) is 0 Å². The van der Waals surface area contributed by atoms with Crippen LogP contribution < -0.4 is 4.74 Å². The van der Waals surface area contributed by atoms with Crippen molar-refractivity contribution in [1.82, 2.24) is 9.80 Å². The van der Waals surface area contributed by atoms with E-state index in [1.807, 2.05) is 6.07 Å². The van der Waals surface area contributed by atoms with Gasteiger partial charge in [0.15, 0.2) is 11.5 Å². The summed E-state index contributed by atoms with van der Waals surface area (Å²) in [6, 6.07) is 10.2. The van der Waals surface area contributed by atoms with Gasteiger partial charge in [-0.3, -0.25) is 9.69 Å². The van der Waals surface area contributed by atoms with Crippen molar-refractivity contribution in [3.05, 3.63) is 70.6 Å². The van der Waals surface area contributed by atoms with Gasteiger partial charge < -0.3 is 19.8 Å². The van der Waals surface area contributed by atoms with Gasteiger partial charge in [-0.05, 0) is 80.3 Å². The second kappa shape index (κ2) is 7.39. The Balaban J connectivity index is 1.26. The first-order valence-corrected chi connectivity index (χ1v) is 14.0. The fourth-order valence-electron chi connectivity index (χ4n) is 8.94. The summed E-state index contributed by atoms with van der Waals surface area (Å²) in [6.07, 6.45) is 7.06. The van der Waals surface area contributed by atoms with E-state index < -0.39 is 17.1 Å². The third-order valence-electron chi connectivity index (χ3n) is 10.7. The van der Waals surface area contributed by atoms with Gasteiger partial charge in [-0.25, -0.2) is 4.39 Å². The maximum absolute atomic E-state index is 14.1.